The van der Waals surface area contributed by atoms with Gasteiger partial charge in [0, 0.05) is 33.7 Å². The van der Waals surface area contributed by atoms with E-state index < -0.39 is 34.8 Å². The van der Waals surface area contributed by atoms with Gasteiger partial charge in [-0.3, -0.25) is 9.59 Å². The zero-order valence-electron chi connectivity index (χ0n) is 15.9. The number of pyridine rings is 1. The lowest BCUT2D eigenvalue weighted by molar-refractivity contribution is -0.138. The Bertz CT molecular complexity index is 1360. The zero-order valence-corrected chi connectivity index (χ0v) is 17.5. The summed E-state index contributed by atoms with van der Waals surface area (Å²) in [5, 5.41) is 4.91. The van der Waals surface area contributed by atoms with Gasteiger partial charge in [-0.25, -0.2) is 4.98 Å². The molecule has 4 aromatic rings. The third-order valence-electron chi connectivity index (χ3n) is 4.58. The molecule has 0 aliphatic heterocycles. The third-order valence-corrected chi connectivity index (χ3v) is 5.61. The maximum atomic E-state index is 13.0. The first-order valence-corrected chi connectivity index (χ1v) is 10.2. The Morgan fingerprint density at radius 2 is 2.06 bits per heavy atom. The van der Waals surface area contributed by atoms with E-state index in [1.54, 1.807) is 5.38 Å². The van der Waals surface area contributed by atoms with Crippen molar-refractivity contribution >= 4 is 44.9 Å². The quantitative estimate of drug-likeness (QED) is 0.440. The van der Waals surface area contributed by atoms with Crippen molar-refractivity contribution < 1.29 is 18.0 Å². The standard InChI is InChI=1S/C20H14ClF3N4O2S/c1-10-17(12-4-2-3-5-14(12)25-10)15-9-31-19(26-15)27-16(29)8-28-7-11(20(22,23)24)6-13(21)18(28)30/h2-7,9,25H,8H2,1H3,(H,26,27,29). The first kappa shape index (κ1) is 21.1. The molecule has 0 bridgehead atoms. The van der Waals surface area contributed by atoms with Gasteiger partial charge in [-0.2, -0.15) is 13.2 Å². The fourth-order valence-corrected chi connectivity index (χ4v) is 4.18. The Morgan fingerprint density at radius 1 is 1.32 bits per heavy atom. The molecule has 0 aliphatic rings. The fraction of sp³-hybridized carbons (Fsp3) is 0.150. The number of rotatable bonds is 4. The molecule has 0 spiro atoms. The molecule has 0 unspecified atom stereocenters. The van der Waals surface area contributed by atoms with Gasteiger partial charge in [0.15, 0.2) is 5.13 Å². The number of H-pyrrole nitrogens is 1. The molecule has 3 aromatic heterocycles. The van der Waals surface area contributed by atoms with Crippen molar-refractivity contribution in [3.8, 4) is 11.3 Å². The van der Waals surface area contributed by atoms with E-state index in [0.29, 0.717) is 22.5 Å². The minimum atomic E-state index is -4.70. The van der Waals surface area contributed by atoms with Crippen molar-refractivity contribution in [2.75, 3.05) is 5.32 Å². The number of halogens is 4. The number of aromatic amines is 1. The number of aryl methyl sites for hydroxylation is 1. The first-order valence-electron chi connectivity index (χ1n) is 8.93. The van der Waals surface area contributed by atoms with Crippen molar-refractivity contribution in [3.05, 3.63) is 68.5 Å². The van der Waals surface area contributed by atoms with Gasteiger partial charge in [0.2, 0.25) is 5.91 Å². The Kier molecular flexibility index (Phi) is 5.36. The summed E-state index contributed by atoms with van der Waals surface area (Å²) in [6, 6.07) is 8.26. The predicted octanol–water partition coefficient (Wildman–Crippen LogP) is 5.07. The second-order valence-corrected chi connectivity index (χ2v) is 8.03. The number of para-hydroxylation sites is 1. The normalized spacial score (nSPS) is 11.8. The third kappa shape index (κ3) is 4.21. The van der Waals surface area contributed by atoms with E-state index in [-0.39, 0.29) is 5.13 Å². The monoisotopic (exact) mass is 466 g/mol. The lowest BCUT2D eigenvalue weighted by Gasteiger charge is -2.11. The van der Waals surface area contributed by atoms with Crippen LogP contribution in [-0.2, 0) is 17.5 Å². The second kappa shape index (κ2) is 7.86. The number of benzene rings is 1. The average Bonchev–Trinajstić information content (AvgIpc) is 3.27. The van der Waals surface area contributed by atoms with Crippen LogP contribution in [-0.4, -0.2) is 20.4 Å². The van der Waals surface area contributed by atoms with E-state index in [4.69, 9.17) is 11.6 Å². The van der Waals surface area contributed by atoms with Crippen LogP contribution < -0.4 is 10.9 Å². The molecule has 0 atom stereocenters. The smallest absolute Gasteiger partial charge is 0.358 e. The van der Waals surface area contributed by atoms with Gasteiger partial charge in [-0.05, 0) is 19.1 Å². The van der Waals surface area contributed by atoms with Crippen LogP contribution in [0.4, 0.5) is 18.3 Å². The SMILES string of the molecule is Cc1[nH]c2ccccc2c1-c1csc(NC(=O)Cn2cc(C(F)(F)F)cc(Cl)c2=O)n1. The van der Waals surface area contributed by atoms with Gasteiger partial charge in [-0.1, -0.05) is 29.8 Å². The number of aromatic nitrogens is 3. The summed E-state index contributed by atoms with van der Waals surface area (Å²) in [5.41, 5.74) is 1.40. The van der Waals surface area contributed by atoms with E-state index in [9.17, 15) is 22.8 Å². The molecule has 160 valence electrons. The molecule has 0 fully saturated rings. The summed E-state index contributed by atoms with van der Waals surface area (Å²) >= 11 is 6.78. The van der Waals surface area contributed by atoms with Crippen LogP contribution in [0.25, 0.3) is 22.2 Å². The predicted molar refractivity (Wildman–Crippen MR) is 113 cm³/mol. The minimum Gasteiger partial charge on any atom is -0.358 e. The zero-order chi connectivity index (χ0) is 22.3. The molecule has 4 rings (SSSR count). The van der Waals surface area contributed by atoms with Gasteiger partial charge < -0.3 is 14.9 Å². The van der Waals surface area contributed by atoms with Gasteiger partial charge >= 0.3 is 6.18 Å². The lowest BCUT2D eigenvalue weighted by Crippen LogP contribution is -2.29. The number of carbonyl (C=O) groups is 1. The molecule has 2 N–H and O–H groups in total. The van der Waals surface area contributed by atoms with E-state index in [1.165, 1.54) is 11.3 Å². The average molecular weight is 467 g/mol. The van der Waals surface area contributed by atoms with Crippen molar-refractivity contribution in [2.45, 2.75) is 19.6 Å². The number of nitrogens with zero attached hydrogens (tertiary/aromatic N) is 2. The van der Waals surface area contributed by atoms with E-state index in [1.807, 2.05) is 31.2 Å². The molecule has 3 heterocycles. The number of hydrogen-bond acceptors (Lipinski definition) is 4. The number of thiazole rings is 1. The summed E-state index contributed by atoms with van der Waals surface area (Å²) in [5.74, 6) is -0.700. The highest BCUT2D eigenvalue weighted by Gasteiger charge is 2.32. The fourth-order valence-electron chi connectivity index (χ4n) is 3.24. The molecule has 31 heavy (non-hydrogen) atoms. The highest BCUT2D eigenvalue weighted by Crippen LogP contribution is 2.34. The van der Waals surface area contributed by atoms with E-state index >= 15 is 0 Å². The molecule has 0 radical (unpaired) electrons. The van der Waals surface area contributed by atoms with Crippen LogP contribution in [0.1, 0.15) is 11.3 Å². The summed E-state index contributed by atoms with van der Waals surface area (Å²) in [7, 11) is 0. The summed E-state index contributed by atoms with van der Waals surface area (Å²) < 4.78 is 39.5. The molecule has 1 aromatic carbocycles. The molecular weight excluding hydrogens is 453 g/mol. The molecule has 0 aliphatic carbocycles. The van der Waals surface area contributed by atoms with Crippen LogP contribution in [0, 0.1) is 6.92 Å². The van der Waals surface area contributed by atoms with Gasteiger partial charge in [0.05, 0.1) is 11.3 Å². The lowest BCUT2D eigenvalue weighted by atomic mass is 10.1. The molecule has 6 nitrogen and oxygen atoms in total. The van der Waals surface area contributed by atoms with Crippen LogP contribution in [0.15, 0.2) is 46.7 Å². The van der Waals surface area contributed by atoms with Crippen LogP contribution >= 0.6 is 22.9 Å². The molecule has 0 saturated heterocycles. The number of anilines is 1. The molecule has 0 saturated carbocycles. The van der Waals surface area contributed by atoms with Crippen LogP contribution in [0.2, 0.25) is 5.02 Å². The maximum absolute atomic E-state index is 13.0. The van der Waals surface area contributed by atoms with E-state index in [0.717, 1.165) is 22.2 Å². The highest BCUT2D eigenvalue weighted by molar-refractivity contribution is 7.14. The number of carbonyl (C=O) groups excluding carboxylic acids is 1. The van der Waals surface area contributed by atoms with Crippen molar-refractivity contribution in [3.63, 3.8) is 0 Å². The van der Waals surface area contributed by atoms with Crippen molar-refractivity contribution in [2.24, 2.45) is 0 Å². The molecule has 1 amide bonds. The number of fused-ring (bicyclic) bond motifs is 1. The molecule has 11 heteroatoms. The Labute approximate surface area is 182 Å². The van der Waals surface area contributed by atoms with Crippen molar-refractivity contribution in [1.29, 1.82) is 0 Å². The summed E-state index contributed by atoms with van der Waals surface area (Å²) in [4.78, 5) is 32.1. The Morgan fingerprint density at radius 3 is 2.81 bits per heavy atom. The summed E-state index contributed by atoms with van der Waals surface area (Å²) in [6.45, 7) is 1.28. The van der Waals surface area contributed by atoms with Gasteiger partial charge in [0.1, 0.15) is 11.6 Å². The minimum absolute atomic E-state index is 0.260. The Balaban J connectivity index is 1.56. The number of alkyl halides is 3. The topological polar surface area (TPSA) is 79.8 Å². The number of hydrogen-bond donors (Lipinski definition) is 2. The van der Waals surface area contributed by atoms with Gasteiger partial charge in [0.25, 0.3) is 5.56 Å². The molecular formula is C20H14ClF3N4O2S. The maximum Gasteiger partial charge on any atom is 0.417 e. The number of nitrogens with one attached hydrogen (secondary N) is 2. The van der Waals surface area contributed by atoms with Crippen LogP contribution in [0.3, 0.4) is 0 Å². The summed E-state index contributed by atoms with van der Waals surface area (Å²) in [6.07, 6.45) is -4.13. The largest absolute Gasteiger partial charge is 0.417 e. The van der Waals surface area contributed by atoms with E-state index in [2.05, 4.69) is 15.3 Å². The number of amides is 1. The Hall–Kier alpha value is -3.11. The van der Waals surface area contributed by atoms with Gasteiger partial charge in [-0.15, -0.1) is 11.3 Å². The van der Waals surface area contributed by atoms with Crippen molar-refractivity contribution in [1.82, 2.24) is 14.5 Å². The first-order chi connectivity index (χ1) is 14.6. The highest BCUT2D eigenvalue weighted by atomic mass is 35.5. The van der Waals surface area contributed by atoms with Crippen LogP contribution in [0.5, 0.6) is 0 Å². The second-order valence-electron chi connectivity index (χ2n) is 6.76.